The van der Waals surface area contributed by atoms with E-state index in [0.29, 0.717) is 19.0 Å². The lowest BCUT2D eigenvalue weighted by molar-refractivity contribution is -0.141. The lowest BCUT2D eigenvalue weighted by atomic mass is 10.0. The van der Waals surface area contributed by atoms with Gasteiger partial charge < -0.3 is 14.7 Å². The van der Waals surface area contributed by atoms with E-state index in [-0.39, 0.29) is 17.8 Å². The molecule has 1 N–H and O–H groups in total. The lowest BCUT2D eigenvalue weighted by Crippen LogP contribution is -2.43. The summed E-state index contributed by atoms with van der Waals surface area (Å²) in [6, 6.07) is -0.236. The number of hydrogen-bond acceptors (Lipinski definition) is 5. The summed E-state index contributed by atoms with van der Waals surface area (Å²) >= 11 is 5.80. The van der Waals surface area contributed by atoms with Crippen molar-refractivity contribution in [1.29, 1.82) is 0 Å². The molecule has 1 fully saturated rings. The molecule has 0 saturated carbocycles. The number of aromatic nitrogens is 2. The van der Waals surface area contributed by atoms with Crippen LogP contribution < -0.4 is 4.90 Å². The normalized spacial score (nSPS) is 23.0. The van der Waals surface area contributed by atoms with Crippen molar-refractivity contribution < 1.29 is 14.6 Å². The summed E-state index contributed by atoms with van der Waals surface area (Å²) in [5.41, 5.74) is 0. The minimum absolute atomic E-state index is 0.227. The van der Waals surface area contributed by atoms with Crippen LogP contribution in [-0.4, -0.2) is 46.8 Å². The first kappa shape index (κ1) is 13.0. The summed E-state index contributed by atoms with van der Waals surface area (Å²) in [5, 5.41) is 9.45. The van der Waals surface area contributed by atoms with Gasteiger partial charge in [0.25, 0.3) is 0 Å². The van der Waals surface area contributed by atoms with Crippen LogP contribution in [0.15, 0.2) is 12.4 Å². The molecule has 1 aromatic rings. The van der Waals surface area contributed by atoms with Gasteiger partial charge in [0.05, 0.1) is 31.6 Å². The Hall–Kier alpha value is -1.40. The van der Waals surface area contributed by atoms with E-state index >= 15 is 0 Å². The predicted molar refractivity (Wildman–Crippen MR) is 65.8 cm³/mol. The molecule has 7 heteroatoms. The number of hydrogen-bond donors (Lipinski definition) is 1. The minimum atomic E-state index is -0.856. The summed E-state index contributed by atoms with van der Waals surface area (Å²) in [6.07, 6.45) is 3.02. The van der Waals surface area contributed by atoms with Gasteiger partial charge >= 0.3 is 5.97 Å². The number of likely N-dealkylation sites (N-methyl/N-ethyl adjacent to an activating group) is 1. The van der Waals surface area contributed by atoms with E-state index in [2.05, 4.69) is 9.97 Å². The highest BCUT2D eigenvalue weighted by molar-refractivity contribution is 6.29. The molecule has 1 aliphatic rings. The van der Waals surface area contributed by atoms with Crippen molar-refractivity contribution in [3.8, 4) is 0 Å². The van der Waals surface area contributed by atoms with E-state index in [0.717, 1.165) is 0 Å². The fourth-order valence-corrected chi connectivity index (χ4v) is 2.27. The molecule has 1 aromatic heterocycles. The molecule has 2 heterocycles. The Bertz CT molecular complexity index is 443. The number of halogens is 1. The molecule has 98 valence electrons. The largest absolute Gasteiger partial charge is 0.481 e. The fraction of sp³-hybridized carbons (Fsp3) is 0.545. The first-order chi connectivity index (χ1) is 8.63. The van der Waals surface area contributed by atoms with Gasteiger partial charge in [-0.15, -0.1) is 0 Å². The van der Waals surface area contributed by atoms with Gasteiger partial charge in [0.1, 0.15) is 16.9 Å². The van der Waals surface area contributed by atoms with E-state index in [4.69, 9.17) is 21.4 Å². The summed E-state index contributed by atoms with van der Waals surface area (Å²) in [6.45, 7) is 3.15. The quantitative estimate of drug-likeness (QED) is 0.882. The maximum Gasteiger partial charge on any atom is 0.311 e. The van der Waals surface area contributed by atoms with Crippen molar-refractivity contribution >= 4 is 23.4 Å². The SMILES string of the molecule is CCN(c1cncc(Cl)n1)C1COCC1C(=O)O. The topological polar surface area (TPSA) is 75.5 Å². The standard InChI is InChI=1S/C11H14ClN3O3/c1-2-15(10-4-13-3-9(12)14-10)8-6-18-5-7(8)11(16)17/h3-4,7-8H,2,5-6H2,1H3,(H,16,17). The summed E-state index contributed by atoms with van der Waals surface area (Å²) in [7, 11) is 0. The van der Waals surface area contributed by atoms with Crippen molar-refractivity contribution in [3.63, 3.8) is 0 Å². The number of rotatable bonds is 4. The van der Waals surface area contributed by atoms with Crippen molar-refractivity contribution in [2.45, 2.75) is 13.0 Å². The van der Waals surface area contributed by atoms with Crippen LogP contribution in [0, 0.1) is 5.92 Å². The van der Waals surface area contributed by atoms with E-state index in [1.165, 1.54) is 6.20 Å². The van der Waals surface area contributed by atoms with Crippen molar-refractivity contribution in [1.82, 2.24) is 9.97 Å². The number of ether oxygens (including phenoxy) is 1. The Kier molecular flexibility index (Phi) is 3.98. The van der Waals surface area contributed by atoms with E-state index in [9.17, 15) is 4.79 Å². The summed E-state index contributed by atoms with van der Waals surface area (Å²) in [5.74, 6) is -0.830. The third-order valence-corrected chi connectivity index (χ3v) is 3.18. The van der Waals surface area contributed by atoms with E-state index in [1.807, 2.05) is 11.8 Å². The van der Waals surface area contributed by atoms with Gasteiger partial charge in [0.2, 0.25) is 0 Å². The van der Waals surface area contributed by atoms with Gasteiger partial charge in [-0.05, 0) is 6.92 Å². The highest BCUT2D eigenvalue weighted by atomic mass is 35.5. The van der Waals surface area contributed by atoms with Crippen LogP contribution in [-0.2, 0) is 9.53 Å². The minimum Gasteiger partial charge on any atom is -0.481 e. The highest BCUT2D eigenvalue weighted by Crippen LogP contribution is 2.24. The van der Waals surface area contributed by atoms with Crippen molar-refractivity contribution in [3.05, 3.63) is 17.5 Å². The number of aliphatic carboxylic acids is 1. The number of nitrogens with zero attached hydrogens (tertiary/aromatic N) is 3. The van der Waals surface area contributed by atoms with Crippen LogP contribution in [0.4, 0.5) is 5.82 Å². The zero-order chi connectivity index (χ0) is 13.1. The van der Waals surface area contributed by atoms with Crippen LogP contribution in [0.25, 0.3) is 0 Å². The second-order valence-corrected chi connectivity index (χ2v) is 4.42. The Morgan fingerprint density at radius 2 is 2.39 bits per heavy atom. The van der Waals surface area contributed by atoms with Crippen molar-refractivity contribution in [2.75, 3.05) is 24.7 Å². The first-order valence-corrected chi connectivity index (χ1v) is 6.06. The second kappa shape index (κ2) is 5.49. The third-order valence-electron chi connectivity index (χ3n) is 3.00. The number of anilines is 1. The average molecular weight is 272 g/mol. The van der Waals surface area contributed by atoms with Crippen LogP contribution in [0.5, 0.6) is 0 Å². The van der Waals surface area contributed by atoms with Gasteiger partial charge in [-0.25, -0.2) is 4.98 Å². The van der Waals surface area contributed by atoms with Crippen LogP contribution in [0.2, 0.25) is 5.15 Å². The molecule has 0 spiro atoms. The molecule has 2 unspecified atom stereocenters. The maximum absolute atomic E-state index is 11.2. The summed E-state index contributed by atoms with van der Waals surface area (Å²) < 4.78 is 5.26. The highest BCUT2D eigenvalue weighted by Gasteiger charge is 2.38. The molecule has 2 atom stereocenters. The van der Waals surface area contributed by atoms with Crippen LogP contribution in [0.3, 0.4) is 0 Å². The molecule has 6 nitrogen and oxygen atoms in total. The van der Waals surface area contributed by atoms with Gasteiger partial charge in [0, 0.05) is 6.54 Å². The van der Waals surface area contributed by atoms with Crippen LogP contribution in [0.1, 0.15) is 6.92 Å². The van der Waals surface area contributed by atoms with E-state index < -0.39 is 11.9 Å². The smallest absolute Gasteiger partial charge is 0.311 e. The first-order valence-electron chi connectivity index (χ1n) is 5.68. The molecular weight excluding hydrogens is 258 g/mol. The second-order valence-electron chi connectivity index (χ2n) is 4.04. The monoisotopic (exact) mass is 271 g/mol. The maximum atomic E-state index is 11.2. The van der Waals surface area contributed by atoms with Gasteiger partial charge in [-0.1, -0.05) is 11.6 Å². The Labute approximate surface area is 110 Å². The number of carboxylic acid groups (broad SMARTS) is 1. The molecular formula is C11H14ClN3O3. The zero-order valence-electron chi connectivity index (χ0n) is 9.91. The molecule has 2 rings (SSSR count). The summed E-state index contributed by atoms with van der Waals surface area (Å²) in [4.78, 5) is 21.2. The van der Waals surface area contributed by atoms with E-state index in [1.54, 1.807) is 6.20 Å². The zero-order valence-corrected chi connectivity index (χ0v) is 10.7. The third kappa shape index (κ3) is 2.54. The predicted octanol–water partition coefficient (Wildman–Crippen LogP) is 1.06. The lowest BCUT2D eigenvalue weighted by Gasteiger charge is -2.29. The number of carbonyl (C=O) groups is 1. The molecule has 18 heavy (non-hydrogen) atoms. The molecule has 0 aromatic carbocycles. The Balaban J connectivity index is 2.25. The molecule has 0 amide bonds. The van der Waals surface area contributed by atoms with Gasteiger partial charge in [-0.3, -0.25) is 9.78 Å². The molecule has 0 radical (unpaired) electrons. The Morgan fingerprint density at radius 1 is 1.61 bits per heavy atom. The molecule has 1 aliphatic heterocycles. The molecule has 0 bridgehead atoms. The number of carboxylic acids is 1. The van der Waals surface area contributed by atoms with Crippen LogP contribution >= 0.6 is 11.6 Å². The van der Waals surface area contributed by atoms with Gasteiger partial charge in [-0.2, -0.15) is 0 Å². The van der Waals surface area contributed by atoms with Crippen molar-refractivity contribution in [2.24, 2.45) is 5.92 Å². The Morgan fingerprint density at radius 3 is 3.00 bits per heavy atom. The van der Waals surface area contributed by atoms with Gasteiger partial charge in [0.15, 0.2) is 0 Å². The molecule has 0 aliphatic carbocycles. The molecule has 1 saturated heterocycles. The fourth-order valence-electron chi connectivity index (χ4n) is 2.12. The average Bonchev–Trinajstić information content (AvgIpc) is 2.79.